The number of nitrogens with two attached hydrogens (primary N) is 1. The summed E-state index contributed by atoms with van der Waals surface area (Å²) in [5, 5.41) is 4.57. The molecular weight excluding hydrogens is 304 g/mol. The van der Waals surface area contributed by atoms with Gasteiger partial charge in [-0.15, -0.1) is 0 Å². The minimum atomic E-state index is 0.623. The highest BCUT2D eigenvalue weighted by Crippen LogP contribution is 2.30. The van der Waals surface area contributed by atoms with Crippen LogP contribution in [0.15, 0.2) is 4.47 Å². The molecule has 1 aliphatic carbocycles. The standard InChI is InChI=1S/C14H25BrN4/c1-4-19-13(14(15)10(2)17-19)9-18(3)12-7-5-6-11(12)8-16/h11-12H,4-9,16H2,1-3H3. The molecule has 108 valence electrons. The molecule has 0 aliphatic heterocycles. The van der Waals surface area contributed by atoms with Crippen molar-refractivity contribution in [3.05, 3.63) is 15.9 Å². The minimum Gasteiger partial charge on any atom is -0.330 e. The van der Waals surface area contributed by atoms with E-state index < -0.39 is 0 Å². The van der Waals surface area contributed by atoms with Gasteiger partial charge in [-0.2, -0.15) is 5.10 Å². The molecule has 2 rings (SSSR count). The molecule has 0 amide bonds. The van der Waals surface area contributed by atoms with Crippen LogP contribution in [0.5, 0.6) is 0 Å². The van der Waals surface area contributed by atoms with Crippen LogP contribution in [-0.2, 0) is 13.1 Å². The van der Waals surface area contributed by atoms with Crippen molar-refractivity contribution in [1.82, 2.24) is 14.7 Å². The molecule has 0 spiro atoms. The van der Waals surface area contributed by atoms with Crippen LogP contribution in [-0.4, -0.2) is 34.3 Å². The van der Waals surface area contributed by atoms with Crippen molar-refractivity contribution >= 4 is 15.9 Å². The number of hydrogen-bond donors (Lipinski definition) is 1. The molecule has 4 nitrogen and oxygen atoms in total. The van der Waals surface area contributed by atoms with E-state index in [4.69, 9.17) is 5.73 Å². The van der Waals surface area contributed by atoms with E-state index >= 15 is 0 Å². The third kappa shape index (κ3) is 3.03. The molecule has 0 saturated heterocycles. The highest BCUT2D eigenvalue weighted by Gasteiger charge is 2.30. The van der Waals surface area contributed by atoms with E-state index in [9.17, 15) is 0 Å². The molecule has 2 unspecified atom stereocenters. The zero-order valence-corrected chi connectivity index (χ0v) is 13.8. The van der Waals surface area contributed by atoms with Gasteiger partial charge in [-0.05, 0) is 62.1 Å². The third-order valence-corrected chi connectivity index (χ3v) is 5.37. The van der Waals surface area contributed by atoms with E-state index in [0.29, 0.717) is 12.0 Å². The van der Waals surface area contributed by atoms with Gasteiger partial charge in [-0.1, -0.05) is 6.42 Å². The first kappa shape index (κ1) is 15.0. The summed E-state index contributed by atoms with van der Waals surface area (Å²) in [4.78, 5) is 2.46. The summed E-state index contributed by atoms with van der Waals surface area (Å²) >= 11 is 3.68. The van der Waals surface area contributed by atoms with Gasteiger partial charge in [0.1, 0.15) is 0 Å². The average molecular weight is 329 g/mol. The van der Waals surface area contributed by atoms with Crippen LogP contribution in [0.25, 0.3) is 0 Å². The number of rotatable bonds is 5. The third-order valence-electron chi connectivity index (χ3n) is 4.34. The summed E-state index contributed by atoms with van der Waals surface area (Å²) in [5.41, 5.74) is 8.25. The Morgan fingerprint density at radius 3 is 2.84 bits per heavy atom. The second kappa shape index (κ2) is 6.37. The van der Waals surface area contributed by atoms with Crippen LogP contribution in [0.1, 0.15) is 37.6 Å². The van der Waals surface area contributed by atoms with Gasteiger partial charge in [-0.25, -0.2) is 0 Å². The van der Waals surface area contributed by atoms with Crippen LogP contribution in [0.2, 0.25) is 0 Å². The molecule has 0 radical (unpaired) electrons. The average Bonchev–Trinajstić information content (AvgIpc) is 2.98. The number of halogens is 1. The molecule has 0 bridgehead atoms. The smallest absolute Gasteiger partial charge is 0.0739 e. The lowest BCUT2D eigenvalue weighted by atomic mass is 10.0. The summed E-state index contributed by atoms with van der Waals surface area (Å²) in [6, 6.07) is 0.623. The quantitative estimate of drug-likeness (QED) is 0.903. The monoisotopic (exact) mass is 328 g/mol. The Labute approximate surface area is 124 Å². The van der Waals surface area contributed by atoms with Gasteiger partial charge in [0.25, 0.3) is 0 Å². The number of nitrogens with zero attached hydrogens (tertiary/aromatic N) is 3. The molecule has 1 saturated carbocycles. The lowest BCUT2D eigenvalue weighted by Gasteiger charge is -2.29. The largest absolute Gasteiger partial charge is 0.330 e. The molecule has 0 aromatic carbocycles. The van der Waals surface area contributed by atoms with E-state index in [-0.39, 0.29) is 0 Å². The summed E-state index contributed by atoms with van der Waals surface area (Å²) in [5.74, 6) is 0.655. The maximum Gasteiger partial charge on any atom is 0.0739 e. The maximum atomic E-state index is 5.89. The van der Waals surface area contributed by atoms with Gasteiger partial charge >= 0.3 is 0 Å². The van der Waals surface area contributed by atoms with Gasteiger partial charge in [0.05, 0.1) is 15.9 Å². The SMILES string of the molecule is CCn1nc(C)c(Br)c1CN(C)C1CCCC1CN. The minimum absolute atomic E-state index is 0.623. The Hall–Kier alpha value is -0.390. The molecular formula is C14H25BrN4. The van der Waals surface area contributed by atoms with E-state index in [0.717, 1.165) is 29.8 Å². The van der Waals surface area contributed by atoms with Crippen LogP contribution < -0.4 is 5.73 Å². The second-order valence-corrected chi connectivity index (χ2v) is 6.36. The molecule has 1 aromatic rings. The lowest BCUT2D eigenvalue weighted by molar-refractivity contribution is 0.187. The molecule has 2 N–H and O–H groups in total. The zero-order chi connectivity index (χ0) is 14.0. The van der Waals surface area contributed by atoms with Crippen molar-refractivity contribution in [3.63, 3.8) is 0 Å². The summed E-state index contributed by atoms with van der Waals surface area (Å²) < 4.78 is 3.26. The van der Waals surface area contributed by atoms with E-state index in [2.05, 4.69) is 51.5 Å². The molecule has 1 aromatic heterocycles. The topological polar surface area (TPSA) is 47.1 Å². The first-order valence-electron chi connectivity index (χ1n) is 7.20. The van der Waals surface area contributed by atoms with Gasteiger partial charge in [0, 0.05) is 19.1 Å². The molecule has 1 aliphatic rings. The fourth-order valence-corrected chi connectivity index (χ4v) is 3.66. The molecule has 2 atom stereocenters. The number of hydrogen-bond acceptors (Lipinski definition) is 3. The van der Waals surface area contributed by atoms with Crippen molar-refractivity contribution in [2.45, 2.75) is 52.2 Å². The Morgan fingerprint density at radius 1 is 1.47 bits per heavy atom. The van der Waals surface area contributed by atoms with Crippen molar-refractivity contribution in [2.24, 2.45) is 11.7 Å². The number of aryl methyl sites for hydroxylation is 2. The molecule has 1 heterocycles. The Bertz CT molecular complexity index is 429. The summed E-state index contributed by atoms with van der Waals surface area (Å²) in [6.07, 6.45) is 3.86. The van der Waals surface area contributed by atoms with Crippen molar-refractivity contribution in [1.29, 1.82) is 0 Å². The van der Waals surface area contributed by atoms with Crippen LogP contribution in [0.4, 0.5) is 0 Å². The highest BCUT2D eigenvalue weighted by atomic mass is 79.9. The molecule has 5 heteroatoms. The van der Waals surface area contributed by atoms with Crippen LogP contribution in [0, 0.1) is 12.8 Å². The fourth-order valence-electron chi connectivity index (χ4n) is 3.25. The lowest BCUT2D eigenvalue weighted by Crippen LogP contribution is -2.37. The predicted molar refractivity (Wildman–Crippen MR) is 82.0 cm³/mol. The van der Waals surface area contributed by atoms with E-state index in [1.54, 1.807) is 0 Å². The van der Waals surface area contributed by atoms with Gasteiger partial charge in [-0.3, -0.25) is 9.58 Å². The summed E-state index contributed by atoms with van der Waals surface area (Å²) in [6.45, 7) is 6.86. The van der Waals surface area contributed by atoms with Gasteiger partial charge in [0.2, 0.25) is 0 Å². The Morgan fingerprint density at radius 2 is 2.21 bits per heavy atom. The van der Waals surface area contributed by atoms with Crippen LogP contribution >= 0.6 is 15.9 Å². The summed E-state index contributed by atoms with van der Waals surface area (Å²) in [7, 11) is 2.22. The Kier molecular flexibility index (Phi) is 5.03. The Balaban J connectivity index is 2.12. The van der Waals surface area contributed by atoms with Crippen molar-refractivity contribution in [2.75, 3.05) is 13.6 Å². The predicted octanol–water partition coefficient (Wildman–Crippen LogP) is 2.53. The van der Waals surface area contributed by atoms with Gasteiger partial charge in [0.15, 0.2) is 0 Å². The first-order chi connectivity index (χ1) is 9.08. The van der Waals surface area contributed by atoms with Crippen molar-refractivity contribution < 1.29 is 0 Å². The normalized spacial score (nSPS) is 23.5. The van der Waals surface area contributed by atoms with Gasteiger partial charge < -0.3 is 5.73 Å². The van der Waals surface area contributed by atoms with Crippen LogP contribution in [0.3, 0.4) is 0 Å². The van der Waals surface area contributed by atoms with Crippen molar-refractivity contribution in [3.8, 4) is 0 Å². The fraction of sp³-hybridized carbons (Fsp3) is 0.786. The maximum absolute atomic E-state index is 5.89. The number of aromatic nitrogens is 2. The van der Waals surface area contributed by atoms with E-state index in [1.807, 2.05) is 0 Å². The van der Waals surface area contributed by atoms with E-state index in [1.165, 1.54) is 25.0 Å². The highest BCUT2D eigenvalue weighted by molar-refractivity contribution is 9.10. The first-order valence-corrected chi connectivity index (χ1v) is 7.99. The second-order valence-electron chi connectivity index (χ2n) is 5.57. The molecule has 19 heavy (non-hydrogen) atoms. The molecule has 1 fully saturated rings. The zero-order valence-electron chi connectivity index (χ0n) is 12.2.